The Morgan fingerprint density at radius 3 is 2.79 bits per heavy atom. The van der Waals surface area contributed by atoms with E-state index in [4.69, 9.17) is 0 Å². The Bertz CT molecular complexity index is 1110. The quantitative estimate of drug-likeness (QED) is 0.520. The maximum absolute atomic E-state index is 12.7. The summed E-state index contributed by atoms with van der Waals surface area (Å²) in [5.74, 6) is 0.150. The number of thiophene rings is 1. The first kappa shape index (κ1) is 18.5. The number of carbonyl (C=O) groups is 1. The number of hydrogen-bond donors (Lipinski definition) is 2. The molecule has 0 aliphatic carbocycles. The summed E-state index contributed by atoms with van der Waals surface area (Å²) in [6.07, 6.45) is 2.42. The first-order valence-corrected chi connectivity index (χ1v) is 10.3. The summed E-state index contributed by atoms with van der Waals surface area (Å²) in [5, 5.41) is 10.8. The van der Waals surface area contributed by atoms with Crippen LogP contribution in [0.3, 0.4) is 0 Å². The van der Waals surface area contributed by atoms with Crippen molar-refractivity contribution < 1.29 is 4.79 Å². The SMILES string of the molecule is Cc1nn(C)c(C)c1CC(=O)NCC(c1cccs1)c1c[nH]c2ccccc12. The number of hydrogen-bond acceptors (Lipinski definition) is 3. The van der Waals surface area contributed by atoms with Gasteiger partial charge >= 0.3 is 0 Å². The highest BCUT2D eigenvalue weighted by Crippen LogP contribution is 2.32. The summed E-state index contributed by atoms with van der Waals surface area (Å²) in [7, 11) is 1.91. The van der Waals surface area contributed by atoms with Gasteiger partial charge in [0.05, 0.1) is 12.1 Å². The molecule has 1 unspecified atom stereocenters. The lowest BCUT2D eigenvalue weighted by Crippen LogP contribution is -2.30. The molecule has 1 amide bonds. The van der Waals surface area contributed by atoms with Gasteiger partial charge in [0.1, 0.15) is 0 Å². The van der Waals surface area contributed by atoms with Gasteiger partial charge in [-0.1, -0.05) is 24.3 Å². The summed E-state index contributed by atoms with van der Waals surface area (Å²) in [6.45, 7) is 4.53. The molecule has 0 saturated carbocycles. The van der Waals surface area contributed by atoms with E-state index in [2.05, 4.69) is 57.3 Å². The van der Waals surface area contributed by atoms with Gasteiger partial charge in [-0.15, -0.1) is 11.3 Å². The lowest BCUT2D eigenvalue weighted by Gasteiger charge is -2.16. The maximum atomic E-state index is 12.7. The largest absolute Gasteiger partial charge is 0.361 e. The van der Waals surface area contributed by atoms with Crippen molar-refractivity contribution in [3.8, 4) is 0 Å². The number of amides is 1. The van der Waals surface area contributed by atoms with Crippen molar-refractivity contribution >= 4 is 28.1 Å². The molecule has 1 atom stereocenters. The topological polar surface area (TPSA) is 62.7 Å². The zero-order valence-electron chi connectivity index (χ0n) is 16.3. The van der Waals surface area contributed by atoms with E-state index in [0.29, 0.717) is 13.0 Å². The average molecular weight is 393 g/mol. The van der Waals surface area contributed by atoms with Gasteiger partial charge in [0.25, 0.3) is 0 Å². The minimum absolute atomic E-state index is 0.0283. The van der Waals surface area contributed by atoms with Crippen LogP contribution < -0.4 is 5.32 Å². The van der Waals surface area contributed by atoms with Gasteiger partial charge in [0, 0.05) is 52.7 Å². The molecule has 6 heteroatoms. The number of rotatable bonds is 6. The van der Waals surface area contributed by atoms with E-state index >= 15 is 0 Å². The minimum Gasteiger partial charge on any atom is -0.361 e. The van der Waals surface area contributed by atoms with Crippen molar-refractivity contribution in [1.29, 1.82) is 0 Å². The van der Waals surface area contributed by atoms with Crippen LogP contribution >= 0.6 is 11.3 Å². The van der Waals surface area contributed by atoms with Crippen molar-refractivity contribution in [2.24, 2.45) is 7.05 Å². The van der Waals surface area contributed by atoms with E-state index < -0.39 is 0 Å². The second-order valence-electron chi connectivity index (χ2n) is 7.11. The van der Waals surface area contributed by atoms with Crippen LogP contribution in [-0.2, 0) is 18.3 Å². The molecule has 4 aromatic rings. The van der Waals surface area contributed by atoms with Crippen molar-refractivity contribution in [1.82, 2.24) is 20.1 Å². The van der Waals surface area contributed by atoms with Crippen LogP contribution in [0.15, 0.2) is 48.0 Å². The normalized spacial score (nSPS) is 12.4. The Kier molecular flexibility index (Phi) is 5.05. The number of para-hydroxylation sites is 1. The minimum atomic E-state index is 0.0283. The molecule has 0 saturated heterocycles. The van der Waals surface area contributed by atoms with Crippen molar-refractivity contribution in [3.05, 3.63) is 75.4 Å². The summed E-state index contributed by atoms with van der Waals surface area (Å²) in [5.41, 5.74) is 5.31. The van der Waals surface area contributed by atoms with E-state index in [9.17, 15) is 4.79 Å². The fourth-order valence-corrected chi connectivity index (χ4v) is 4.59. The molecule has 0 aliphatic heterocycles. The molecule has 28 heavy (non-hydrogen) atoms. The highest BCUT2D eigenvalue weighted by molar-refractivity contribution is 7.10. The predicted molar refractivity (Wildman–Crippen MR) is 114 cm³/mol. The van der Waals surface area contributed by atoms with Crippen LogP contribution in [0.4, 0.5) is 0 Å². The van der Waals surface area contributed by atoms with Crippen molar-refractivity contribution in [2.45, 2.75) is 26.2 Å². The zero-order valence-corrected chi connectivity index (χ0v) is 17.1. The molecular formula is C22H24N4OS. The lowest BCUT2D eigenvalue weighted by molar-refractivity contribution is -0.120. The van der Waals surface area contributed by atoms with Gasteiger partial charge in [-0.3, -0.25) is 9.48 Å². The third-order valence-electron chi connectivity index (χ3n) is 5.38. The third kappa shape index (κ3) is 3.47. The standard InChI is InChI=1S/C22H24N4OS/c1-14-17(15(2)26(3)25-14)11-22(27)24-13-19(21-9-6-10-28-21)18-12-23-20-8-5-4-7-16(18)20/h4-10,12,19,23H,11,13H2,1-3H3,(H,24,27). The molecule has 0 radical (unpaired) electrons. The number of H-pyrrole nitrogens is 1. The number of aromatic nitrogens is 3. The molecular weight excluding hydrogens is 368 g/mol. The maximum Gasteiger partial charge on any atom is 0.224 e. The molecule has 1 aromatic carbocycles. The second kappa shape index (κ2) is 7.64. The summed E-state index contributed by atoms with van der Waals surface area (Å²) < 4.78 is 1.83. The first-order chi connectivity index (χ1) is 13.5. The van der Waals surface area contributed by atoms with E-state index in [-0.39, 0.29) is 11.8 Å². The fourth-order valence-electron chi connectivity index (χ4n) is 3.75. The van der Waals surface area contributed by atoms with Gasteiger partial charge in [0.15, 0.2) is 0 Å². The predicted octanol–water partition coefficient (Wildman–Crippen LogP) is 4.07. The van der Waals surface area contributed by atoms with Gasteiger partial charge in [0.2, 0.25) is 5.91 Å². The van der Waals surface area contributed by atoms with Crippen LogP contribution in [0.1, 0.15) is 33.3 Å². The molecule has 0 aliphatic rings. The van der Waals surface area contributed by atoms with Crippen molar-refractivity contribution in [2.75, 3.05) is 6.54 Å². The number of nitrogens with one attached hydrogen (secondary N) is 2. The molecule has 144 valence electrons. The number of aromatic amines is 1. The Hall–Kier alpha value is -2.86. The van der Waals surface area contributed by atoms with Crippen LogP contribution in [0, 0.1) is 13.8 Å². The smallest absolute Gasteiger partial charge is 0.224 e. The molecule has 4 rings (SSSR count). The third-order valence-corrected chi connectivity index (χ3v) is 6.37. The highest BCUT2D eigenvalue weighted by atomic mass is 32.1. The van der Waals surface area contributed by atoms with E-state index in [1.165, 1.54) is 15.8 Å². The molecule has 3 aromatic heterocycles. The van der Waals surface area contributed by atoms with Crippen LogP contribution in [0.2, 0.25) is 0 Å². The number of nitrogens with zero attached hydrogens (tertiary/aromatic N) is 2. The molecule has 5 nitrogen and oxygen atoms in total. The fraction of sp³-hybridized carbons (Fsp3) is 0.273. The van der Waals surface area contributed by atoms with Crippen LogP contribution in [0.25, 0.3) is 10.9 Å². The lowest BCUT2D eigenvalue weighted by atomic mass is 9.96. The Labute approximate surface area is 168 Å². The summed E-state index contributed by atoms with van der Waals surface area (Å²) >= 11 is 1.72. The number of benzene rings is 1. The summed E-state index contributed by atoms with van der Waals surface area (Å²) in [4.78, 5) is 17.3. The Morgan fingerprint density at radius 1 is 1.25 bits per heavy atom. The molecule has 2 N–H and O–H groups in total. The number of fused-ring (bicyclic) bond motifs is 1. The second-order valence-corrected chi connectivity index (χ2v) is 8.09. The molecule has 0 spiro atoms. The average Bonchev–Trinajstić information content (AvgIpc) is 3.40. The van der Waals surface area contributed by atoms with Gasteiger partial charge < -0.3 is 10.3 Å². The number of aryl methyl sites for hydroxylation is 2. The zero-order chi connectivity index (χ0) is 19.7. The Balaban J connectivity index is 1.55. The first-order valence-electron chi connectivity index (χ1n) is 9.39. The molecule has 3 heterocycles. The molecule has 0 fully saturated rings. The van der Waals surface area contributed by atoms with Gasteiger partial charge in [-0.25, -0.2) is 0 Å². The van der Waals surface area contributed by atoms with Gasteiger partial charge in [-0.2, -0.15) is 5.10 Å². The summed E-state index contributed by atoms with van der Waals surface area (Å²) in [6, 6.07) is 12.5. The van der Waals surface area contributed by atoms with Crippen LogP contribution in [0.5, 0.6) is 0 Å². The van der Waals surface area contributed by atoms with E-state index in [1.54, 1.807) is 11.3 Å². The molecule has 0 bridgehead atoms. The van der Waals surface area contributed by atoms with Crippen LogP contribution in [-0.4, -0.2) is 27.2 Å². The number of carbonyl (C=O) groups excluding carboxylic acids is 1. The van der Waals surface area contributed by atoms with E-state index in [0.717, 1.165) is 22.5 Å². The Morgan fingerprint density at radius 2 is 2.07 bits per heavy atom. The van der Waals surface area contributed by atoms with Crippen molar-refractivity contribution in [3.63, 3.8) is 0 Å². The van der Waals surface area contributed by atoms with Gasteiger partial charge in [-0.05, 0) is 36.9 Å². The monoisotopic (exact) mass is 392 g/mol. The highest BCUT2D eigenvalue weighted by Gasteiger charge is 2.21. The van der Waals surface area contributed by atoms with E-state index in [1.807, 2.05) is 31.6 Å².